The number of hydrogen-bond donors (Lipinski definition) is 0. The number of nitrogens with zero attached hydrogens (tertiary/aromatic N) is 3. The maximum Gasteiger partial charge on any atom is 0.316 e. The molecule has 126 valence electrons. The van der Waals surface area contributed by atoms with Gasteiger partial charge in [-0.1, -0.05) is 19.1 Å². The van der Waals surface area contributed by atoms with Crippen LogP contribution in [0.25, 0.3) is 0 Å². The molecule has 6 heteroatoms. The Labute approximate surface area is 146 Å². The van der Waals surface area contributed by atoms with E-state index in [0.29, 0.717) is 19.1 Å². The largest absolute Gasteiger partial charge is 0.460 e. The minimum Gasteiger partial charge on any atom is -0.460 e. The van der Waals surface area contributed by atoms with E-state index in [1.807, 2.05) is 29.2 Å². The van der Waals surface area contributed by atoms with E-state index in [4.69, 9.17) is 4.74 Å². The van der Waals surface area contributed by atoms with Gasteiger partial charge in [-0.3, -0.25) is 4.79 Å². The van der Waals surface area contributed by atoms with E-state index in [9.17, 15) is 4.79 Å². The first kappa shape index (κ1) is 16.8. The van der Waals surface area contributed by atoms with Gasteiger partial charge in [0.05, 0.1) is 5.56 Å². The zero-order valence-electron chi connectivity index (χ0n) is 13.7. The highest BCUT2D eigenvalue weighted by Gasteiger charge is 2.26. The summed E-state index contributed by atoms with van der Waals surface area (Å²) in [7, 11) is 0. The first-order valence-corrected chi connectivity index (χ1v) is 9.21. The smallest absolute Gasteiger partial charge is 0.316 e. The molecule has 1 fully saturated rings. The topological polar surface area (TPSA) is 55.3 Å². The fourth-order valence-electron chi connectivity index (χ4n) is 2.77. The SMILES string of the molecule is CCSc1ccccc1C(=O)N1CCC(Oc2ncccn2)CC1. The highest BCUT2D eigenvalue weighted by Crippen LogP contribution is 2.25. The van der Waals surface area contributed by atoms with Crippen LogP contribution in [0.15, 0.2) is 47.6 Å². The molecule has 0 saturated carbocycles. The molecule has 0 atom stereocenters. The number of rotatable bonds is 5. The number of benzene rings is 1. The fourth-order valence-corrected chi connectivity index (χ4v) is 3.56. The molecule has 1 aliphatic heterocycles. The molecule has 1 aliphatic rings. The molecule has 3 rings (SSSR count). The molecule has 0 radical (unpaired) electrons. The van der Waals surface area contributed by atoms with Crippen LogP contribution in [0.4, 0.5) is 0 Å². The van der Waals surface area contributed by atoms with E-state index in [2.05, 4.69) is 16.9 Å². The van der Waals surface area contributed by atoms with Gasteiger partial charge in [-0.25, -0.2) is 9.97 Å². The van der Waals surface area contributed by atoms with Gasteiger partial charge in [0, 0.05) is 43.2 Å². The maximum atomic E-state index is 12.8. The summed E-state index contributed by atoms with van der Waals surface area (Å²) < 4.78 is 5.79. The van der Waals surface area contributed by atoms with Crippen molar-refractivity contribution in [2.75, 3.05) is 18.8 Å². The van der Waals surface area contributed by atoms with Crippen molar-refractivity contribution in [2.24, 2.45) is 0 Å². The van der Waals surface area contributed by atoms with Gasteiger partial charge in [-0.05, 0) is 24.0 Å². The number of carbonyl (C=O) groups is 1. The number of carbonyl (C=O) groups excluding carboxylic acids is 1. The summed E-state index contributed by atoms with van der Waals surface area (Å²) in [5.41, 5.74) is 0.801. The van der Waals surface area contributed by atoms with Crippen LogP contribution in [0.2, 0.25) is 0 Å². The predicted octanol–water partition coefficient (Wildman–Crippen LogP) is 3.27. The molecule has 1 amide bonds. The highest BCUT2D eigenvalue weighted by atomic mass is 32.2. The number of aromatic nitrogens is 2. The Balaban J connectivity index is 1.59. The first-order valence-electron chi connectivity index (χ1n) is 8.22. The minimum atomic E-state index is 0.0664. The molecule has 0 spiro atoms. The third-order valence-electron chi connectivity index (χ3n) is 3.96. The first-order chi connectivity index (χ1) is 11.8. The average molecular weight is 343 g/mol. The van der Waals surface area contributed by atoms with Crippen LogP contribution < -0.4 is 4.74 Å². The van der Waals surface area contributed by atoms with Crippen molar-refractivity contribution >= 4 is 17.7 Å². The van der Waals surface area contributed by atoms with E-state index in [-0.39, 0.29) is 12.0 Å². The van der Waals surface area contributed by atoms with Gasteiger partial charge in [0.1, 0.15) is 6.10 Å². The number of hydrogen-bond acceptors (Lipinski definition) is 5. The summed E-state index contributed by atoms with van der Waals surface area (Å²) >= 11 is 1.71. The molecule has 5 nitrogen and oxygen atoms in total. The van der Waals surface area contributed by atoms with Crippen LogP contribution in [0.3, 0.4) is 0 Å². The zero-order chi connectivity index (χ0) is 16.8. The van der Waals surface area contributed by atoms with Crippen LogP contribution in [0.1, 0.15) is 30.1 Å². The van der Waals surface area contributed by atoms with Crippen molar-refractivity contribution in [3.8, 4) is 6.01 Å². The number of likely N-dealkylation sites (tertiary alicyclic amines) is 1. The molecule has 0 bridgehead atoms. The second kappa shape index (κ2) is 8.15. The fraction of sp³-hybridized carbons (Fsp3) is 0.389. The Kier molecular flexibility index (Phi) is 5.69. The molecule has 1 aromatic heterocycles. The Morgan fingerprint density at radius 2 is 1.92 bits per heavy atom. The molecule has 2 aromatic rings. The minimum absolute atomic E-state index is 0.0664. The van der Waals surface area contributed by atoms with Gasteiger partial charge in [0.15, 0.2) is 0 Å². The summed E-state index contributed by atoms with van der Waals surface area (Å²) in [5.74, 6) is 1.07. The molecular weight excluding hydrogens is 322 g/mol. The lowest BCUT2D eigenvalue weighted by molar-refractivity contribution is 0.0575. The van der Waals surface area contributed by atoms with Gasteiger partial charge < -0.3 is 9.64 Å². The third-order valence-corrected chi connectivity index (χ3v) is 4.92. The lowest BCUT2D eigenvalue weighted by Gasteiger charge is -2.32. The molecule has 1 saturated heterocycles. The van der Waals surface area contributed by atoms with E-state index >= 15 is 0 Å². The van der Waals surface area contributed by atoms with E-state index in [0.717, 1.165) is 29.1 Å². The third kappa shape index (κ3) is 4.06. The zero-order valence-corrected chi connectivity index (χ0v) is 14.5. The molecule has 2 heterocycles. The molecular formula is C18H21N3O2S. The standard InChI is InChI=1S/C18H21N3O2S/c1-2-24-16-7-4-3-6-15(16)17(22)21-12-8-14(9-13-21)23-18-19-10-5-11-20-18/h3-7,10-11,14H,2,8-9,12-13H2,1H3. The number of ether oxygens (including phenoxy) is 1. The van der Waals surface area contributed by atoms with Crippen LogP contribution in [-0.2, 0) is 0 Å². The summed E-state index contributed by atoms with van der Waals surface area (Å²) in [6.45, 7) is 3.49. The van der Waals surface area contributed by atoms with Crippen molar-refractivity contribution in [1.29, 1.82) is 0 Å². The quantitative estimate of drug-likeness (QED) is 0.780. The second-order valence-electron chi connectivity index (χ2n) is 5.57. The number of thioether (sulfide) groups is 1. The molecule has 0 N–H and O–H groups in total. The lowest BCUT2D eigenvalue weighted by Crippen LogP contribution is -2.42. The molecule has 24 heavy (non-hydrogen) atoms. The van der Waals surface area contributed by atoms with E-state index in [1.54, 1.807) is 30.2 Å². The van der Waals surface area contributed by atoms with Crippen LogP contribution in [0, 0.1) is 0 Å². The Bertz CT molecular complexity index is 673. The average Bonchev–Trinajstić information content (AvgIpc) is 2.63. The number of amides is 1. The lowest BCUT2D eigenvalue weighted by atomic mass is 10.1. The second-order valence-corrected chi connectivity index (χ2v) is 6.88. The Morgan fingerprint density at radius 1 is 1.21 bits per heavy atom. The molecule has 1 aromatic carbocycles. The number of piperidine rings is 1. The van der Waals surface area contributed by atoms with Gasteiger partial charge >= 0.3 is 6.01 Å². The van der Waals surface area contributed by atoms with Crippen molar-refractivity contribution in [3.05, 3.63) is 48.3 Å². The van der Waals surface area contributed by atoms with Crippen molar-refractivity contribution < 1.29 is 9.53 Å². The monoisotopic (exact) mass is 343 g/mol. The van der Waals surface area contributed by atoms with Crippen molar-refractivity contribution in [3.63, 3.8) is 0 Å². The Morgan fingerprint density at radius 3 is 2.62 bits per heavy atom. The van der Waals surface area contributed by atoms with Gasteiger partial charge in [0.25, 0.3) is 5.91 Å². The van der Waals surface area contributed by atoms with Crippen molar-refractivity contribution in [1.82, 2.24) is 14.9 Å². The van der Waals surface area contributed by atoms with Crippen LogP contribution in [0.5, 0.6) is 6.01 Å². The van der Waals surface area contributed by atoms with Gasteiger partial charge in [-0.15, -0.1) is 11.8 Å². The van der Waals surface area contributed by atoms with Crippen LogP contribution in [-0.4, -0.2) is 45.7 Å². The predicted molar refractivity (Wildman–Crippen MR) is 94.4 cm³/mol. The summed E-state index contributed by atoms with van der Waals surface area (Å²) in [6, 6.07) is 10.0. The summed E-state index contributed by atoms with van der Waals surface area (Å²) in [5, 5.41) is 0. The van der Waals surface area contributed by atoms with Crippen LogP contribution >= 0.6 is 11.8 Å². The van der Waals surface area contributed by atoms with Gasteiger partial charge in [0.2, 0.25) is 0 Å². The normalized spacial score (nSPS) is 15.3. The molecule has 0 aliphatic carbocycles. The van der Waals surface area contributed by atoms with Gasteiger partial charge in [-0.2, -0.15) is 0 Å². The molecule has 0 unspecified atom stereocenters. The maximum absolute atomic E-state index is 12.8. The summed E-state index contributed by atoms with van der Waals surface area (Å²) in [4.78, 5) is 24.0. The summed E-state index contributed by atoms with van der Waals surface area (Å²) in [6.07, 6.45) is 5.00. The highest BCUT2D eigenvalue weighted by molar-refractivity contribution is 7.99. The Hall–Kier alpha value is -2.08. The van der Waals surface area contributed by atoms with E-state index < -0.39 is 0 Å². The van der Waals surface area contributed by atoms with E-state index in [1.165, 1.54) is 0 Å². The van der Waals surface area contributed by atoms with Crippen molar-refractivity contribution in [2.45, 2.75) is 30.8 Å².